The highest BCUT2D eigenvalue weighted by molar-refractivity contribution is 9.09. The minimum Gasteiger partial charge on any atom is -0.508 e. The van der Waals surface area contributed by atoms with Gasteiger partial charge < -0.3 is 5.11 Å². The summed E-state index contributed by atoms with van der Waals surface area (Å²) in [5, 5.41) is 19.6. The lowest BCUT2D eigenvalue weighted by Gasteiger charge is -2.00. The third-order valence-electron chi connectivity index (χ3n) is 1.60. The summed E-state index contributed by atoms with van der Waals surface area (Å²) in [5.41, 5.74) is -0.390. The molecule has 1 rings (SSSR count). The van der Waals surface area contributed by atoms with Crippen LogP contribution in [0.4, 0.5) is 5.69 Å². The lowest BCUT2D eigenvalue weighted by molar-refractivity contribution is -0.385. The number of halogens is 1. The van der Waals surface area contributed by atoms with Crippen LogP contribution in [0.1, 0.15) is 10.4 Å². The minimum atomic E-state index is -0.657. The number of benzene rings is 1. The van der Waals surface area contributed by atoms with Crippen LogP contribution in [0.25, 0.3) is 0 Å². The Morgan fingerprint density at radius 2 is 2.21 bits per heavy atom. The molecule has 0 saturated carbocycles. The van der Waals surface area contributed by atoms with E-state index in [-0.39, 0.29) is 22.3 Å². The van der Waals surface area contributed by atoms with E-state index >= 15 is 0 Å². The second-order valence-corrected chi connectivity index (χ2v) is 3.08. The van der Waals surface area contributed by atoms with E-state index in [1.54, 1.807) is 0 Å². The van der Waals surface area contributed by atoms with Gasteiger partial charge in [-0.1, -0.05) is 15.9 Å². The second-order valence-electron chi connectivity index (χ2n) is 2.52. The van der Waals surface area contributed by atoms with Gasteiger partial charge in [-0.15, -0.1) is 0 Å². The normalized spacial score (nSPS) is 9.79. The molecule has 0 saturated heterocycles. The average Bonchev–Trinajstić information content (AvgIpc) is 2.16. The van der Waals surface area contributed by atoms with E-state index < -0.39 is 10.7 Å². The summed E-state index contributed by atoms with van der Waals surface area (Å²) in [7, 11) is 0. The molecule has 0 aliphatic carbocycles. The molecule has 5 nitrogen and oxygen atoms in total. The van der Waals surface area contributed by atoms with Gasteiger partial charge in [-0.3, -0.25) is 14.9 Å². The Morgan fingerprint density at radius 1 is 1.57 bits per heavy atom. The summed E-state index contributed by atoms with van der Waals surface area (Å²) in [5.74, 6) is -0.604. The van der Waals surface area contributed by atoms with Gasteiger partial charge >= 0.3 is 0 Å². The van der Waals surface area contributed by atoms with Crippen LogP contribution >= 0.6 is 15.9 Å². The van der Waals surface area contributed by atoms with Gasteiger partial charge in [0.15, 0.2) is 5.78 Å². The average molecular weight is 260 g/mol. The summed E-state index contributed by atoms with van der Waals surface area (Å²) < 4.78 is 0. The Hall–Kier alpha value is -1.43. The first-order valence-electron chi connectivity index (χ1n) is 3.63. The highest BCUT2D eigenvalue weighted by Crippen LogP contribution is 2.23. The first-order chi connectivity index (χ1) is 6.56. The van der Waals surface area contributed by atoms with Gasteiger partial charge in [0.25, 0.3) is 5.69 Å². The number of nitrogens with zero attached hydrogens (tertiary/aromatic N) is 1. The van der Waals surface area contributed by atoms with Crippen molar-refractivity contribution in [1.29, 1.82) is 0 Å². The number of phenols is 1. The molecule has 0 spiro atoms. The summed E-state index contributed by atoms with van der Waals surface area (Å²) in [4.78, 5) is 21.1. The number of hydrogen-bond donors (Lipinski definition) is 1. The molecule has 1 aromatic carbocycles. The zero-order valence-corrected chi connectivity index (χ0v) is 8.52. The van der Waals surface area contributed by atoms with Gasteiger partial charge in [-0.25, -0.2) is 0 Å². The molecule has 0 radical (unpaired) electrons. The standard InChI is InChI=1S/C8H6BrNO4/c9-4-8(12)6-3-5(11)1-2-7(6)10(13)14/h1-3,11H,4H2. The summed E-state index contributed by atoms with van der Waals surface area (Å²) in [6.07, 6.45) is 0. The molecule has 0 aliphatic heterocycles. The Morgan fingerprint density at radius 3 is 2.71 bits per heavy atom. The molecule has 1 N–H and O–H groups in total. The minimum absolute atomic E-state index is 0.0166. The lowest BCUT2D eigenvalue weighted by Crippen LogP contribution is -2.04. The Kier molecular flexibility index (Phi) is 3.19. The number of ketones is 1. The van der Waals surface area contributed by atoms with Crippen LogP contribution in [0, 0.1) is 10.1 Å². The molecule has 0 fully saturated rings. The lowest BCUT2D eigenvalue weighted by atomic mass is 10.1. The molecule has 14 heavy (non-hydrogen) atoms. The largest absolute Gasteiger partial charge is 0.508 e. The Bertz CT molecular complexity index is 391. The highest BCUT2D eigenvalue weighted by atomic mass is 79.9. The van der Waals surface area contributed by atoms with Crippen molar-refractivity contribution in [2.24, 2.45) is 0 Å². The van der Waals surface area contributed by atoms with Crippen LogP contribution in [-0.4, -0.2) is 21.1 Å². The van der Waals surface area contributed by atoms with Crippen molar-refractivity contribution in [3.8, 4) is 5.75 Å². The number of carbonyl (C=O) groups is 1. The van der Waals surface area contributed by atoms with Crippen molar-refractivity contribution in [3.63, 3.8) is 0 Å². The number of rotatable bonds is 3. The summed E-state index contributed by atoms with van der Waals surface area (Å²) in [6, 6.07) is 3.36. The molecule has 0 atom stereocenters. The van der Waals surface area contributed by atoms with Gasteiger partial charge in [-0.2, -0.15) is 0 Å². The summed E-state index contributed by atoms with van der Waals surface area (Å²) in [6.45, 7) is 0. The predicted octanol–water partition coefficient (Wildman–Crippen LogP) is 1.88. The number of aromatic hydroxyl groups is 1. The van der Waals surface area contributed by atoms with Crippen LogP contribution in [0.15, 0.2) is 18.2 Å². The van der Waals surface area contributed by atoms with Crippen molar-refractivity contribution in [1.82, 2.24) is 0 Å². The molecule has 6 heteroatoms. The van der Waals surface area contributed by atoms with E-state index in [2.05, 4.69) is 15.9 Å². The molecule has 0 aliphatic rings. The van der Waals surface area contributed by atoms with Gasteiger partial charge in [0.1, 0.15) is 5.75 Å². The second kappa shape index (κ2) is 4.19. The smallest absolute Gasteiger partial charge is 0.280 e. The molecule has 0 aromatic heterocycles. The third-order valence-corrected chi connectivity index (χ3v) is 2.11. The van der Waals surface area contributed by atoms with E-state index in [1.807, 2.05) is 0 Å². The number of nitro groups is 1. The van der Waals surface area contributed by atoms with Crippen molar-refractivity contribution in [3.05, 3.63) is 33.9 Å². The van der Waals surface area contributed by atoms with E-state index in [0.717, 1.165) is 12.1 Å². The zero-order chi connectivity index (χ0) is 10.7. The maximum absolute atomic E-state index is 11.2. The van der Waals surface area contributed by atoms with Crippen molar-refractivity contribution in [2.45, 2.75) is 0 Å². The van der Waals surface area contributed by atoms with Crippen LogP contribution in [0.2, 0.25) is 0 Å². The van der Waals surface area contributed by atoms with Crippen LogP contribution < -0.4 is 0 Å². The maximum atomic E-state index is 11.2. The molecule has 74 valence electrons. The van der Waals surface area contributed by atoms with Crippen LogP contribution in [0.5, 0.6) is 5.75 Å². The molecule has 0 heterocycles. The molecule has 1 aromatic rings. The first-order valence-corrected chi connectivity index (χ1v) is 4.75. The number of phenolic OH excluding ortho intramolecular Hbond substituents is 1. The number of Topliss-reactive ketones (excluding diaryl/α,β-unsaturated/α-hetero) is 1. The number of carbonyl (C=O) groups excluding carboxylic acids is 1. The first kappa shape index (κ1) is 10.6. The predicted molar refractivity (Wildman–Crippen MR) is 52.9 cm³/mol. The van der Waals surface area contributed by atoms with Gasteiger partial charge in [-0.05, 0) is 12.1 Å². The molecule has 0 bridgehead atoms. The van der Waals surface area contributed by atoms with Gasteiger partial charge in [0.05, 0.1) is 15.8 Å². The molecular formula is C8H6BrNO4. The monoisotopic (exact) mass is 259 g/mol. The van der Waals surface area contributed by atoms with E-state index in [0.29, 0.717) is 0 Å². The topological polar surface area (TPSA) is 80.4 Å². The fraction of sp³-hybridized carbons (Fsp3) is 0.125. The number of alkyl halides is 1. The van der Waals surface area contributed by atoms with Crippen LogP contribution in [0.3, 0.4) is 0 Å². The van der Waals surface area contributed by atoms with Crippen molar-refractivity contribution >= 4 is 27.4 Å². The fourth-order valence-electron chi connectivity index (χ4n) is 0.979. The van der Waals surface area contributed by atoms with Crippen LogP contribution in [-0.2, 0) is 0 Å². The van der Waals surface area contributed by atoms with Crippen molar-refractivity contribution < 1.29 is 14.8 Å². The fourth-order valence-corrected chi connectivity index (χ4v) is 1.28. The number of nitro benzene ring substituents is 1. The SMILES string of the molecule is O=C(CBr)c1cc(O)ccc1[N+](=O)[O-]. The number of hydrogen-bond acceptors (Lipinski definition) is 4. The molecule has 0 amide bonds. The Balaban J connectivity index is 3.29. The molecular weight excluding hydrogens is 254 g/mol. The third kappa shape index (κ3) is 2.08. The Labute approximate surface area is 87.6 Å². The van der Waals surface area contributed by atoms with Gasteiger partial charge in [0.2, 0.25) is 0 Å². The van der Waals surface area contributed by atoms with Gasteiger partial charge in [0, 0.05) is 6.07 Å². The zero-order valence-electron chi connectivity index (χ0n) is 6.94. The highest BCUT2D eigenvalue weighted by Gasteiger charge is 2.19. The van der Waals surface area contributed by atoms with Crippen molar-refractivity contribution in [2.75, 3.05) is 5.33 Å². The summed E-state index contributed by atoms with van der Waals surface area (Å²) >= 11 is 2.91. The maximum Gasteiger partial charge on any atom is 0.280 e. The molecule has 0 unspecified atom stereocenters. The van der Waals surface area contributed by atoms with E-state index in [9.17, 15) is 14.9 Å². The quantitative estimate of drug-likeness (QED) is 0.389. The van der Waals surface area contributed by atoms with E-state index in [4.69, 9.17) is 5.11 Å². The van der Waals surface area contributed by atoms with E-state index in [1.165, 1.54) is 6.07 Å².